The Hall–Kier alpha value is -5.08. The average Bonchev–Trinajstić information content (AvgIpc) is 3.47. The molecular formula is C42H36N2. The summed E-state index contributed by atoms with van der Waals surface area (Å²) in [6.45, 7) is 13.2. The van der Waals surface area contributed by atoms with Gasteiger partial charge in [-0.15, -0.1) is 0 Å². The minimum Gasteiger partial charge on any atom is -0.309 e. The Bertz CT molecular complexity index is 2270. The number of fused-ring (bicyclic) bond motifs is 6. The van der Waals surface area contributed by atoms with Gasteiger partial charge in [0.1, 0.15) is 0 Å². The van der Waals surface area contributed by atoms with Gasteiger partial charge in [0.15, 0.2) is 0 Å². The minimum atomic E-state index is 1.23. The van der Waals surface area contributed by atoms with Crippen LogP contribution in [0.1, 0.15) is 33.4 Å². The highest BCUT2D eigenvalue weighted by Gasteiger charge is 2.17. The number of aryl methyl sites for hydroxylation is 6. The van der Waals surface area contributed by atoms with Crippen molar-refractivity contribution in [1.82, 2.24) is 9.13 Å². The lowest BCUT2D eigenvalue weighted by atomic mass is 9.99. The molecule has 0 aliphatic rings. The molecule has 2 aromatic heterocycles. The van der Waals surface area contributed by atoms with Gasteiger partial charge < -0.3 is 9.13 Å². The topological polar surface area (TPSA) is 9.86 Å². The standard InChI is InChI=1S/C42H36N2/c1-25-9-15-39-35(19-25)33-13-7-27(3)21-41(33)43(39)37-17-11-31(23-29(37)5)32-12-18-38(30(6)24-32)44-40-16-10-26(2)20-36(40)34-14-8-28(4)22-42(34)44/h7-24H,1-6H3. The van der Waals surface area contributed by atoms with Gasteiger partial charge in [0.2, 0.25) is 0 Å². The number of hydrogen-bond donors (Lipinski definition) is 0. The Kier molecular flexibility index (Phi) is 5.86. The molecule has 2 nitrogen and oxygen atoms in total. The van der Waals surface area contributed by atoms with Crippen LogP contribution >= 0.6 is 0 Å². The van der Waals surface area contributed by atoms with Gasteiger partial charge in [0.05, 0.1) is 22.1 Å². The Labute approximate surface area is 258 Å². The molecule has 0 saturated carbocycles. The predicted octanol–water partition coefficient (Wildman–Crippen LogP) is 11.4. The van der Waals surface area contributed by atoms with Crippen LogP contribution in [0.2, 0.25) is 0 Å². The zero-order valence-electron chi connectivity index (χ0n) is 26.3. The molecule has 0 amide bonds. The van der Waals surface area contributed by atoms with E-state index < -0.39 is 0 Å². The largest absolute Gasteiger partial charge is 0.309 e. The van der Waals surface area contributed by atoms with E-state index in [1.54, 1.807) is 0 Å². The summed E-state index contributed by atoms with van der Waals surface area (Å²) < 4.78 is 4.88. The molecule has 0 aliphatic carbocycles. The first-order valence-corrected chi connectivity index (χ1v) is 15.5. The molecule has 8 aromatic rings. The fourth-order valence-electron chi connectivity index (χ4n) is 7.18. The molecule has 8 rings (SSSR count). The summed E-state index contributed by atoms with van der Waals surface area (Å²) >= 11 is 0. The number of hydrogen-bond acceptors (Lipinski definition) is 0. The summed E-state index contributed by atoms with van der Waals surface area (Å²) in [6.07, 6.45) is 0. The van der Waals surface area contributed by atoms with Gasteiger partial charge in [-0.05, 0) is 136 Å². The molecule has 0 atom stereocenters. The molecule has 2 heterocycles. The summed E-state index contributed by atoms with van der Waals surface area (Å²) in [5, 5.41) is 5.23. The van der Waals surface area contributed by atoms with Crippen molar-refractivity contribution in [3.63, 3.8) is 0 Å². The molecule has 6 aromatic carbocycles. The fourth-order valence-corrected chi connectivity index (χ4v) is 7.18. The fraction of sp³-hybridized carbons (Fsp3) is 0.143. The van der Waals surface area contributed by atoms with Crippen molar-refractivity contribution in [2.75, 3.05) is 0 Å². The summed E-state index contributed by atoms with van der Waals surface area (Å²) in [7, 11) is 0. The van der Waals surface area contributed by atoms with E-state index in [1.807, 2.05) is 0 Å². The number of aromatic nitrogens is 2. The van der Waals surface area contributed by atoms with Gasteiger partial charge in [0, 0.05) is 32.9 Å². The summed E-state index contributed by atoms with van der Waals surface area (Å²) in [5.74, 6) is 0. The van der Waals surface area contributed by atoms with Gasteiger partial charge in [0.25, 0.3) is 0 Å². The first-order chi connectivity index (χ1) is 21.3. The second-order valence-electron chi connectivity index (χ2n) is 12.8. The van der Waals surface area contributed by atoms with Crippen LogP contribution in [0, 0.1) is 41.5 Å². The van der Waals surface area contributed by atoms with Crippen LogP contribution in [0.3, 0.4) is 0 Å². The van der Waals surface area contributed by atoms with Crippen LogP contribution in [0.4, 0.5) is 0 Å². The number of rotatable bonds is 3. The Morgan fingerprint density at radius 3 is 1.11 bits per heavy atom. The van der Waals surface area contributed by atoms with Crippen molar-refractivity contribution in [3.05, 3.63) is 143 Å². The Morgan fingerprint density at radius 1 is 0.318 bits per heavy atom. The maximum atomic E-state index is 2.44. The van der Waals surface area contributed by atoms with Crippen LogP contribution in [0.25, 0.3) is 66.1 Å². The Balaban J connectivity index is 1.25. The summed E-state index contributed by atoms with van der Waals surface area (Å²) in [5.41, 5.74) is 17.6. The van der Waals surface area contributed by atoms with E-state index >= 15 is 0 Å². The van der Waals surface area contributed by atoms with Crippen LogP contribution in [0.5, 0.6) is 0 Å². The normalized spacial score (nSPS) is 11.9. The van der Waals surface area contributed by atoms with Crippen molar-refractivity contribution in [3.8, 4) is 22.5 Å². The smallest absolute Gasteiger partial charge is 0.0543 e. The molecule has 0 bridgehead atoms. The van der Waals surface area contributed by atoms with Gasteiger partial charge in [-0.1, -0.05) is 59.7 Å². The van der Waals surface area contributed by atoms with Crippen molar-refractivity contribution in [2.24, 2.45) is 0 Å². The first-order valence-electron chi connectivity index (χ1n) is 15.5. The van der Waals surface area contributed by atoms with E-state index in [-0.39, 0.29) is 0 Å². The SMILES string of the molecule is Cc1ccc2c(c1)c1ccc(C)cc1n2-c1ccc(-c2ccc(-n3c4ccc(C)cc4c4ccc(C)cc43)c(C)c2)cc1C. The van der Waals surface area contributed by atoms with Crippen molar-refractivity contribution in [1.29, 1.82) is 0 Å². The maximum absolute atomic E-state index is 2.44. The quantitative estimate of drug-likeness (QED) is 0.201. The highest BCUT2D eigenvalue weighted by molar-refractivity contribution is 6.10. The van der Waals surface area contributed by atoms with E-state index in [4.69, 9.17) is 0 Å². The molecular weight excluding hydrogens is 532 g/mol. The molecule has 214 valence electrons. The molecule has 0 aliphatic heterocycles. The zero-order chi connectivity index (χ0) is 30.3. The third kappa shape index (κ3) is 4.02. The minimum absolute atomic E-state index is 1.23. The number of benzene rings is 6. The average molecular weight is 569 g/mol. The molecule has 0 radical (unpaired) electrons. The van der Waals surface area contributed by atoms with Gasteiger partial charge >= 0.3 is 0 Å². The molecule has 0 fully saturated rings. The van der Waals surface area contributed by atoms with Crippen LogP contribution in [-0.2, 0) is 0 Å². The van der Waals surface area contributed by atoms with Crippen molar-refractivity contribution < 1.29 is 0 Å². The first kappa shape index (κ1) is 26.5. The monoisotopic (exact) mass is 568 g/mol. The maximum Gasteiger partial charge on any atom is 0.0543 e. The summed E-state index contributed by atoms with van der Waals surface area (Å²) in [4.78, 5) is 0. The van der Waals surface area contributed by atoms with Crippen molar-refractivity contribution >= 4 is 43.6 Å². The number of nitrogens with zero attached hydrogens (tertiary/aromatic N) is 2. The second kappa shape index (κ2) is 9.72. The van der Waals surface area contributed by atoms with Gasteiger partial charge in [-0.3, -0.25) is 0 Å². The van der Waals surface area contributed by atoms with Crippen LogP contribution in [0.15, 0.2) is 109 Å². The molecule has 44 heavy (non-hydrogen) atoms. The molecule has 0 spiro atoms. The highest BCUT2D eigenvalue weighted by Crippen LogP contribution is 2.37. The molecule has 0 saturated heterocycles. The highest BCUT2D eigenvalue weighted by atomic mass is 15.0. The molecule has 0 unspecified atom stereocenters. The van der Waals surface area contributed by atoms with Crippen LogP contribution in [-0.4, -0.2) is 9.13 Å². The third-order valence-corrected chi connectivity index (χ3v) is 9.36. The zero-order valence-corrected chi connectivity index (χ0v) is 26.3. The summed E-state index contributed by atoms with van der Waals surface area (Å²) in [6, 6.07) is 41.1. The van der Waals surface area contributed by atoms with Gasteiger partial charge in [-0.2, -0.15) is 0 Å². The molecule has 0 N–H and O–H groups in total. The predicted molar refractivity (Wildman–Crippen MR) is 189 cm³/mol. The van der Waals surface area contributed by atoms with E-state index in [1.165, 1.54) is 99.5 Å². The van der Waals surface area contributed by atoms with E-state index in [0.29, 0.717) is 0 Å². The lowest BCUT2D eigenvalue weighted by Gasteiger charge is -2.15. The van der Waals surface area contributed by atoms with Crippen LogP contribution < -0.4 is 0 Å². The third-order valence-electron chi connectivity index (χ3n) is 9.36. The van der Waals surface area contributed by atoms with E-state index in [0.717, 1.165) is 0 Å². The lowest BCUT2D eigenvalue weighted by Crippen LogP contribution is -1.99. The van der Waals surface area contributed by atoms with E-state index in [2.05, 4.69) is 160 Å². The van der Waals surface area contributed by atoms with Gasteiger partial charge in [-0.25, -0.2) is 0 Å². The van der Waals surface area contributed by atoms with Crippen molar-refractivity contribution in [2.45, 2.75) is 41.5 Å². The van der Waals surface area contributed by atoms with E-state index in [9.17, 15) is 0 Å². The Morgan fingerprint density at radius 2 is 0.705 bits per heavy atom. The lowest BCUT2D eigenvalue weighted by molar-refractivity contribution is 1.14. The second-order valence-corrected chi connectivity index (χ2v) is 12.8. The molecule has 2 heteroatoms.